The molecule has 1 saturated heterocycles. The van der Waals surface area contributed by atoms with E-state index in [-0.39, 0.29) is 0 Å². The fourth-order valence-corrected chi connectivity index (χ4v) is 3.65. The molecule has 0 spiro atoms. The fourth-order valence-electron chi connectivity index (χ4n) is 3.65. The SMILES string of the molecule is Cn1cc(C2CCCCC2)c(C2CCCNC2)n1. The molecule has 3 heteroatoms. The van der Waals surface area contributed by atoms with E-state index in [1.54, 1.807) is 5.56 Å². The lowest BCUT2D eigenvalue weighted by Gasteiger charge is -2.26. The second-order valence-electron chi connectivity index (χ2n) is 6.02. The number of hydrogen-bond acceptors (Lipinski definition) is 2. The van der Waals surface area contributed by atoms with Crippen molar-refractivity contribution in [2.24, 2.45) is 7.05 Å². The first kappa shape index (κ1) is 12.2. The Bertz CT molecular complexity index is 349. The molecule has 3 rings (SSSR count). The molecule has 1 aromatic rings. The van der Waals surface area contributed by atoms with Crippen molar-refractivity contribution in [2.75, 3.05) is 13.1 Å². The molecular formula is C15H25N3. The Hall–Kier alpha value is -0.830. The van der Waals surface area contributed by atoms with Gasteiger partial charge in [-0.15, -0.1) is 0 Å². The maximum Gasteiger partial charge on any atom is 0.0702 e. The zero-order valence-corrected chi connectivity index (χ0v) is 11.5. The van der Waals surface area contributed by atoms with Gasteiger partial charge >= 0.3 is 0 Å². The Morgan fingerprint density at radius 2 is 1.89 bits per heavy atom. The van der Waals surface area contributed by atoms with E-state index in [4.69, 9.17) is 5.10 Å². The highest BCUT2D eigenvalue weighted by Gasteiger charge is 2.26. The Morgan fingerprint density at radius 1 is 1.11 bits per heavy atom. The summed E-state index contributed by atoms with van der Waals surface area (Å²) >= 11 is 0. The van der Waals surface area contributed by atoms with Gasteiger partial charge in [-0.2, -0.15) is 5.10 Å². The normalized spacial score (nSPS) is 26.4. The highest BCUT2D eigenvalue weighted by molar-refractivity contribution is 5.26. The van der Waals surface area contributed by atoms with Crippen LogP contribution in [0, 0.1) is 0 Å². The molecule has 1 aromatic heterocycles. The van der Waals surface area contributed by atoms with Gasteiger partial charge in [0.25, 0.3) is 0 Å². The molecule has 1 saturated carbocycles. The number of nitrogens with zero attached hydrogens (tertiary/aromatic N) is 2. The Labute approximate surface area is 110 Å². The smallest absolute Gasteiger partial charge is 0.0702 e. The van der Waals surface area contributed by atoms with Crippen molar-refractivity contribution < 1.29 is 0 Å². The molecule has 0 radical (unpaired) electrons. The number of nitrogens with one attached hydrogen (secondary N) is 1. The molecule has 18 heavy (non-hydrogen) atoms. The summed E-state index contributed by atoms with van der Waals surface area (Å²) in [5, 5.41) is 8.31. The van der Waals surface area contributed by atoms with Crippen LogP contribution in [-0.4, -0.2) is 22.9 Å². The van der Waals surface area contributed by atoms with E-state index in [9.17, 15) is 0 Å². The summed E-state index contributed by atoms with van der Waals surface area (Å²) < 4.78 is 2.04. The number of rotatable bonds is 2. The Balaban J connectivity index is 1.83. The molecule has 2 fully saturated rings. The van der Waals surface area contributed by atoms with Crippen molar-refractivity contribution in [3.8, 4) is 0 Å². The average Bonchev–Trinajstić information content (AvgIpc) is 2.83. The molecule has 0 bridgehead atoms. The van der Waals surface area contributed by atoms with E-state index in [1.807, 2.05) is 4.68 Å². The minimum atomic E-state index is 0.650. The highest BCUT2D eigenvalue weighted by Crippen LogP contribution is 2.37. The molecule has 0 aromatic carbocycles. The highest BCUT2D eigenvalue weighted by atomic mass is 15.3. The van der Waals surface area contributed by atoms with E-state index in [2.05, 4.69) is 18.6 Å². The van der Waals surface area contributed by atoms with E-state index in [0.717, 1.165) is 12.5 Å². The first-order chi connectivity index (χ1) is 8.84. The topological polar surface area (TPSA) is 29.9 Å². The van der Waals surface area contributed by atoms with Crippen LogP contribution in [0.25, 0.3) is 0 Å². The minimum absolute atomic E-state index is 0.650. The van der Waals surface area contributed by atoms with Gasteiger partial charge in [-0.1, -0.05) is 19.3 Å². The van der Waals surface area contributed by atoms with Crippen LogP contribution in [0.15, 0.2) is 6.20 Å². The lowest BCUT2D eigenvalue weighted by Crippen LogP contribution is -2.29. The first-order valence-electron chi connectivity index (χ1n) is 7.59. The molecule has 1 aliphatic heterocycles. The van der Waals surface area contributed by atoms with Gasteiger partial charge in [-0.3, -0.25) is 4.68 Å². The summed E-state index contributed by atoms with van der Waals surface area (Å²) in [7, 11) is 2.08. The van der Waals surface area contributed by atoms with E-state index in [0.29, 0.717) is 5.92 Å². The molecular weight excluding hydrogens is 222 g/mol. The summed E-state index contributed by atoms with van der Waals surface area (Å²) in [6.07, 6.45) is 11.9. The molecule has 100 valence electrons. The summed E-state index contributed by atoms with van der Waals surface area (Å²) in [5.41, 5.74) is 2.96. The van der Waals surface area contributed by atoms with Crippen molar-refractivity contribution in [3.63, 3.8) is 0 Å². The van der Waals surface area contributed by atoms with Gasteiger partial charge in [0.1, 0.15) is 0 Å². The third kappa shape index (κ3) is 2.46. The van der Waals surface area contributed by atoms with Crippen LogP contribution in [0.2, 0.25) is 0 Å². The van der Waals surface area contributed by atoms with E-state index < -0.39 is 0 Å². The molecule has 3 nitrogen and oxygen atoms in total. The third-order valence-corrected chi connectivity index (χ3v) is 4.62. The summed E-state index contributed by atoms with van der Waals surface area (Å²) in [4.78, 5) is 0. The number of aryl methyl sites for hydroxylation is 1. The zero-order chi connectivity index (χ0) is 12.4. The molecule has 2 aliphatic rings. The van der Waals surface area contributed by atoms with Gasteiger partial charge in [0.2, 0.25) is 0 Å². The first-order valence-corrected chi connectivity index (χ1v) is 7.59. The maximum absolute atomic E-state index is 4.79. The predicted molar refractivity (Wildman–Crippen MR) is 73.9 cm³/mol. The summed E-state index contributed by atoms with van der Waals surface area (Å²) in [6, 6.07) is 0. The monoisotopic (exact) mass is 247 g/mol. The van der Waals surface area contributed by atoms with Crippen LogP contribution in [0.4, 0.5) is 0 Å². The van der Waals surface area contributed by atoms with E-state index in [1.165, 1.54) is 57.2 Å². The van der Waals surface area contributed by atoms with Gasteiger partial charge < -0.3 is 5.32 Å². The molecule has 0 amide bonds. The second-order valence-corrected chi connectivity index (χ2v) is 6.02. The number of hydrogen-bond donors (Lipinski definition) is 1. The van der Waals surface area contributed by atoms with Crippen LogP contribution in [-0.2, 0) is 7.05 Å². The van der Waals surface area contributed by atoms with Crippen LogP contribution in [0.5, 0.6) is 0 Å². The number of piperidine rings is 1. The van der Waals surface area contributed by atoms with E-state index >= 15 is 0 Å². The summed E-state index contributed by atoms with van der Waals surface area (Å²) in [6.45, 7) is 2.30. The van der Waals surface area contributed by atoms with Crippen LogP contribution in [0.1, 0.15) is 68.0 Å². The second kappa shape index (κ2) is 5.43. The predicted octanol–water partition coefficient (Wildman–Crippen LogP) is 2.93. The Morgan fingerprint density at radius 3 is 2.61 bits per heavy atom. The third-order valence-electron chi connectivity index (χ3n) is 4.62. The summed E-state index contributed by atoms with van der Waals surface area (Å²) in [5.74, 6) is 1.43. The molecule has 2 heterocycles. The quantitative estimate of drug-likeness (QED) is 0.871. The van der Waals surface area contributed by atoms with Crippen LogP contribution in [0.3, 0.4) is 0 Å². The van der Waals surface area contributed by atoms with Crippen molar-refractivity contribution in [1.29, 1.82) is 0 Å². The Kier molecular flexibility index (Phi) is 3.69. The van der Waals surface area contributed by atoms with Crippen LogP contribution < -0.4 is 5.32 Å². The van der Waals surface area contributed by atoms with Gasteiger partial charge in [0.15, 0.2) is 0 Å². The van der Waals surface area contributed by atoms with Crippen molar-refractivity contribution in [1.82, 2.24) is 15.1 Å². The largest absolute Gasteiger partial charge is 0.316 e. The number of aromatic nitrogens is 2. The maximum atomic E-state index is 4.79. The lowest BCUT2D eigenvalue weighted by molar-refractivity contribution is 0.423. The van der Waals surface area contributed by atoms with Crippen molar-refractivity contribution >= 4 is 0 Å². The minimum Gasteiger partial charge on any atom is -0.316 e. The zero-order valence-electron chi connectivity index (χ0n) is 11.5. The molecule has 1 aliphatic carbocycles. The van der Waals surface area contributed by atoms with Crippen LogP contribution >= 0.6 is 0 Å². The molecule has 1 atom stereocenters. The van der Waals surface area contributed by atoms with Gasteiger partial charge in [-0.05, 0) is 43.7 Å². The van der Waals surface area contributed by atoms with Crippen molar-refractivity contribution in [2.45, 2.75) is 56.8 Å². The van der Waals surface area contributed by atoms with Crippen molar-refractivity contribution in [3.05, 3.63) is 17.5 Å². The molecule has 1 N–H and O–H groups in total. The van der Waals surface area contributed by atoms with Gasteiger partial charge in [0, 0.05) is 25.7 Å². The average molecular weight is 247 g/mol. The standard InChI is InChI=1S/C15H25N3/c1-18-11-14(12-6-3-2-4-7-12)15(17-18)13-8-5-9-16-10-13/h11-13,16H,2-10H2,1H3. The molecule has 1 unspecified atom stereocenters. The van der Waals surface area contributed by atoms with Gasteiger partial charge in [0.05, 0.1) is 5.69 Å². The van der Waals surface area contributed by atoms with Gasteiger partial charge in [-0.25, -0.2) is 0 Å². The lowest BCUT2D eigenvalue weighted by atomic mass is 9.81. The fraction of sp³-hybridized carbons (Fsp3) is 0.800.